The normalized spacial score (nSPS) is 10.6. The highest BCUT2D eigenvalue weighted by molar-refractivity contribution is 6.08. The van der Waals surface area contributed by atoms with Crippen LogP contribution in [0.4, 0.5) is 5.69 Å². The summed E-state index contributed by atoms with van der Waals surface area (Å²) in [6.45, 7) is 0. The fourth-order valence-electron chi connectivity index (χ4n) is 2.20. The molecule has 3 nitrogen and oxygen atoms in total. The van der Waals surface area contributed by atoms with Gasteiger partial charge in [0, 0.05) is 29.7 Å². The number of hydrogen-bond acceptors (Lipinski definition) is 1. The van der Waals surface area contributed by atoms with Crippen molar-refractivity contribution >= 4 is 22.5 Å². The maximum Gasteiger partial charge on any atom is 0.255 e. The summed E-state index contributed by atoms with van der Waals surface area (Å²) in [7, 11) is 1.99. The Morgan fingerprint density at radius 1 is 1.00 bits per heavy atom. The molecule has 0 radical (unpaired) electrons. The number of benzene rings is 2. The van der Waals surface area contributed by atoms with Gasteiger partial charge in [0.2, 0.25) is 0 Å². The molecule has 0 saturated carbocycles. The monoisotopic (exact) mass is 250 g/mol. The van der Waals surface area contributed by atoms with Crippen molar-refractivity contribution in [2.24, 2.45) is 7.05 Å². The number of nitrogens with zero attached hydrogens (tertiary/aromatic N) is 1. The van der Waals surface area contributed by atoms with Crippen LogP contribution in [0.15, 0.2) is 60.8 Å². The fourth-order valence-corrected chi connectivity index (χ4v) is 2.20. The van der Waals surface area contributed by atoms with Gasteiger partial charge in [-0.3, -0.25) is 4.79 Å². The van der Waals surface area contributed by atoms with Crippen LogP contribution in [-0.4, -0.2) is 10.5 Å². The van der Waals surface area contributed by atoms with Gasteiger partial charge in [0.05, 0.1) is 5.69 Å². The van der Waals surface area contributed by atoms with E-state index in [1.807, 2.05) is 60.3 Å². The molecule has 0 aliphatic heterocycles. The second kappa shape index (κ2) is 4.61. The standard InChI is InChI=1S/C16H14N2O/c1-18-11-10-13-14(8-5-9-15(13)18)17-16(19)12-6-3-2-4-7-12/h2-11H,1H3,(H,17,19). The Balaban J connectivity index is 1.96. The highest BCUT2D eigenvalue weighted by Gasteiger charge is 2.08. The van der Waals surface area contributed by atoms with Gasteiger partial charge in [-0.1, -0.05) is 24.3 Å². The lowest BCUT2D eigenvalue weighted by atomic mass is 10.2. The van der Waals surface area contributed by atoms with Crippen LogP contribution in [-0.2, 0) is 7.05 Å². The third kappa shape index (κ3) is 2.10. The van der Waals surface area contributed by atoms with Crippen molar-refractivity contribution < 1.29 is 4.79 Å². The summed E-state index contributed by atoms with van der Waals surface area (Å²) < 4.78 is 2.04. The van der Waals surface area contributed by atoms with Gasteiger partial charge < -0.3 is 9.88 Å². The van der Waals surface area contributed by atoms with Gasteiger partial charge in [-0.05, 0) is 30.3 Å². The molecule has 0 aliphatic rings. The molecule has 94 valence electrons. The summed E-state index contributed by atoms with van der Waals surface area (Å²) in [5, 5.41) is 4.01. The van der Waals surface area contributed by atoms with Crippen molar-refractivity contribution in [3.8, 4) is 0 Å². The predicted molar refractivity (Wildman–Crippen MR) is 77.3 cm³/mol. The predicted octanol–water partition coefficient (Wildman–Crippen LogP) is 3.43. The van der Waals surface area contributed by atoms with Gasteiger partial charge >= 0.3 is 0 Å². The number of hydrogen-bond donors (Lipinski definition) is 1. The molecule has 0 aliphatic carbocycles. The van der Waals surface area contributed by atoms with E-state index in [9.17, 15) is 4.79 Å². The number of carbonyl (C=O) groups is 1. The van der Waals surface area contributed by atoms with Crippen molar-refractivity contribution in [1.82, 2.24) is 4.57 Å². The van der Waals surface area contributed by atoms with E-state index in [1.165, 1.54) is 0 Å². The highest BCUT2D eigenvalue weighted by atomic mass is 16.1. The van der Waals surface area contributed by atoms with Crippen LogP contribution < -0.4 is 5.32 Å². The van der Waals surface area contributed by atoms with E-state index in [4.69, 9.17) is 0 Å². The molecular formula is C16H14N2O. The lowest BCUT2D eigenvalue weighted by Crippen LogP contribution is -2.11. The van der Waals surface area contributed by atoms with Crippen LogP contribution in [0.1, 0.15) is 10.4 Å². The minimum Gasteiger partial charge on any atom is -0.350 e. The number of rotatable bonds is 2. The Labute approximate surface area is 111 Å². The fraction of sp³-hybridized carbons (Fsp3) is 0.0625. The van der Waals surface area contributed by atoms with E-state index in [2.05, 4.69) is 5.32 Å². The molecule has 3 aromatic rings. The quantitative estimate of drug-likeness (QED) is 0.742. The number of anilines is 1. The van der Waals surface area contributed by atoms with Gasteiger partial charge in [-0.15, -0.1) is 0 Å². The molecule has 19 heavy (non-hydrogen) atoms. The lowest BCUT2D eigenvalue weighted by Gasteiger charge is -2.07. The first-order valence-electron chi connectivity index (χ1n) is 6.16. The van der Waals surface area contributed by atoms with Crippen molar-refractivity contribution in [3.63, 3.8) is 0 Å². The number of amides is 1. The van der Waals surface area contributed by atoms with E-state index in [-0.39, 0.29) is 5.91 Å². The van der Waals surface area contributed by atoms with Crippen LogP contribution in [0.25, 0.3) is 10.9 Å². The van der Waals surface area contributed by atoms with E-state index in [0.29, 0.717) is 5.56 Å². The molecule has 1 N–H and O–H groups in total. The van der Waals surface area contributed by atoms with E-state index in [0.717, 1.165) is 16.6 Å². The molecule has 0 spiro atoms. The van der Waals surface area contributed by atoms with Crippen LogP contribution in [0.5, 0.6) is 0 Å². The second-order valence-electron chi connectivity index (χ2n) is 4.49. The zero-order valence-corrected chi connectivity index (χ0v) is 10.6. The van der Waals surface area contributed by atoms with Crippen molar-refractivity contribution in [3.05, 3.63) is 66.4 Å². The maximum absolute atomic E-state index is 12.1. The molecule has 1 amide bonds. The Bertz CT molecular complexity index is 729. The zero-order chi connectivity index (χ0) is 13.2. The molecule has 0 bridgehead atoms. The second-order valence-corrected chi connectivity index (χ2v) is 4.49. The highest BCUT2D eigenvalue weighted by Crippen LogP contribution is 2.24. The number of carbonyl (C=O) groups excluding carboxylic acids is 1. The van der Waals surface area contributed by atoms with Crippen LogP contribution >= 0.6 is 0 Å². The average Bonchev–Trinajstić information content (AvgIpc) is 2.83. The molecule has 3 rings (SSSR count). The molecule has 2 aromatic carbocycles. The largest absolute Gasteiger partial charge is 0.350 e. The Morgan fingerprint density at radius 3 is 2.58 bits per heavy atom. The number of aryl methyl sites for hydroxylation is 1. The summed E-state index contributed by atoms with van der Waals surface area (Å²) in [4.78, 5) is 12.1. The molecular weight excluding hydrogens is 236 g/mol. The summed E-state index contributed by atoms with van der Waals surface area (Å²) in [5.74, 6) is -0.0862. The zero-order valence-electron chi connectivity index (χ0n) is 10.6. The molecule has 0 fully saturated rings. The van der Waals surface area contributed by atoms with Crippen molar-refractivity contribution in [1.29, 1.82) is 0 Å². The number of fused-ring (bicyclic) bond motifs is 1. The molecule has 1 aromatic heterocycles. The minimum absolute atomic E-state index is 0.0862. The van der Waals surface area contributed by atoms with Gasteiger partial charge in [0.25, 0.3) is 5.91 Å². The van der Waals surface area contributed by atoms with Gasteiger partial charge in [-0.2, -0.15) is 0 Å². The minimum atomic E-state index is -0.0862. The van der Waals surface area contributed by atoms with Crippen molar-refractivity contribution in [2.75, 3.05) is 5.32 Å². The van der Waals surface area contributed by atoms with Gasteiger partial charge in [-0.25, -0.2) is 0 Å². The molecule has 0 unspecified atom stereocenters. The summed E-state index contributed by atoms with van der Waals surface area (Å²) in [6, 6.07) is 17.1. The summed E-state index contributed by atoms with van der Waals surface area (Å²) >= 11 is 0. The van der Waals surface area contributed by atoms with Crippen LogP contribution in [0.2, 0.25) is 0 Å². The first-order chi connectivity index (χ1) is 9.25. The van der Waals surface area contributed by atoms with Crippen LogP contribution in [0.3, 0.4) is 0 Å². The topological polar surface area (TPSA) is 34.0 Å². The first kappa shape index (κ1) is 11.5. The Morgan fingerprint density at radius 2 is 1.79 bits per heavy atom. The SMILES string of the molecule is Cn1ccc2c(NC(=O)c3ccccc3)cccc21. The lowest BCUT2D eigenvalue weighted by molar-refractivity contribution is 0.102. The molecule has 3 heteroatoms. The third-order valence-corrected chi connectivity index (χ3v) is 3.21. The smallest absolute Gasteiger partial charge is 0.255 e. The molecule has 0 saturated heterocycles. The number of aromatic nitrogens is 1. The van der Waals surface area contributed by atoms with E-state index >= 15 is 0 Å². The summed E-state index contributed by atoms with van der Waals surface area (Å²) in [5.41, 5.74) is 2.60. The van der Waals surface area contributed by atoms with E-state index in [1.54, 1.807) is 12.1 Å². The first-order valence-corrected chi connectivity index (χ1v) is 6.16. The van der Waals surface area contributed by atoms with Crippen LogP contribution in [0, 0.1) is 0 Å². The molecule has 1 heterocycles. The molecule has 0 atom stereocenters. The van der Waals surface area contributed by atoms with Gasteiger partial charge in [0.1, 0.15) is 0 Å². The average molecular weight is 250 g/mol. The number of nitrogens with one attached hydrogen (secondary N) is 1. The van der Waals surface area contributed by atoms with E-state index < -0.39 is 0 Å². The van der Waals surface area contributed by atoms with Gasteiger partial charge in [0.15, 0.2) is 0 Å². The van der Waals surface area contributed by atoms with Crippen molar-refractivity contribution in [2.45, 2.75) is 0 Å². The Hall–Kier alpha value is -2.55. The Kier molecular flexibility index (Phi) is 2.80. The maximum atomic E-state index is 12.1. The summed E-state index contributed by atoms with van der Waals surface area (Å²) in [6.07, 6.45) is 1.99. The third-order valence-electron chi connectivity index (χ3n) is 3.21.